The van der Waals surface area contributed by atoms with Crippen LogP contribution in [0.4, 0.5) is 0 Å². The second-order valence-corrected chi connectivity index (χ2v) is 10.3. The van der Waals surface area contributed by atoms with Gasteiger partial charge in [-0.1, -0.05) is 20.8 Å². The number of nitrogens with zero attached hydrogens (tertiary/aromatic N) is 1. The lowest BCUT2D eigenvalue weighted by atomic mass is 9.73. The van der Waals surface area contributed by atoms with E-state index in [-0.39, 0.29) is 11.5 Å². The molecule has 1 aromatic heterocycles. The van der Waals surface area contributed by atoms with Crippen LogP contribution in [0, 0.1) is 17.3 Å². The number of hydrogen-bond donors (Lipinski definition) is 2. The molecule has 3 saturated heterocycles. The first kappa shape index (κ1) is 18.2. The minimum Gasteiger partial charge on any atom is -0.370 e. The number of aromatic amines is 1. The molecule has 0 saturated carbocycles. The van der Waals surface area contributed by atoms with Crippen LogP contribution >= 0.6 is 0 Å². The number of rotatable bonds is 4. The highest BCUT2D eigenvalue weighted by Gasteiger charge is 2.62. The highest BCUT2D eigenvalue weighted by Crippen LogP contribution is 2.54. The third kappa shape index (κ3) is 3.05. The first-order valence-corrected chi connectivity index (χ1v) is 10.6. The average molecular weight is 382 g/mol. The summed E-state index contributed by atoms with van der Waals surface area (Å²) in [4.78, 5) is 18.5. The van der Waals surface area contributed by atoms with Gasteiger partial charge in [-0.3, -0.25) is 9.69 Å². The van der Waals surface area contributed by atoms with E-state index in [9.17, 15) is 4.79 Å². The number of benzene rings is 1. The van der Waals surface area contributed by atoms with Crippen molar-refractivity contribution in [3.8, 4) is 0 Å². The van der Waals surface area contributed by atoms with Gasteiger partial charge in [0.1, 0.15) is 0 Å². The van der Waals surface area contributed by atoms with E-state index in [1.54, 1.807) is 0 Å². The number of hydrogen-bond acceptors (Lipinski definition) is 3. The van der Waals surface area contributed by atoms with Crippen molar-refractivity contribution >= 4 is 16.8 Å². The number of aromatic nitrogens is 1. The summed E-state index contributed by atoms with van der Waals surface area (Å²) in [6.45, 7) is 10.9. The number of carbonyl (C=O) groups is 1. The lowest BCUT2D eigenvalue weighted by Crippen LogP contribution is -2.41. The van der Waals surface area contributed by atoms with Crippen molar-refractivity contribution in [2.45, 2.75) is 45.3 Å². The van der Waals surface area contributed by atoms with Crippen molar-refractivity contribution in [3.63, 3.8) is 0 Å². The fourth-order valence-electron chi connectivity index (χ4n) is 5.86. The van der Waals surface area contributed by atoms with E-state index in [1.807, 2.05) is 30.5 Å². The predicted octanol–water partition coefficient (Wildman–Crippen LogP) is 3.42. The van der Waals surface area contributed by atoms with Crippen molar-refractivity contribution in [3.05, 3.63) is 36.0 Å². The molecule has 2 aromatic rings. The fourth-order valence-corrected chi connectivity index (χ4v) is 5.86. The van der Waals surface area contributed by atoms with Gasteiger partial charge in [-0.05, 0) is 42.5 Å². The van der Waals surface area contributed by atoms with E-state index in [0.29, 0.717) is 29.9 Å². The summed E-state index contributed by atoms with van der Waals surface area (Å²) in [7, 11) is 0. The Hall–Kier alpha value is -1.85. The Morgan fingerprint density at radius 2 is 2.21 bits per heavy atom. The predicted molar refractivity (Wildman–Crippen MR) is 110 cm³/mol. The molecule has 1 spiro atoms. The van der Waals surface area contributed by atoms with Crippen LogP contribution in [0.25, 0.3) is 10.9 Å². The van der Waals surface area contributed by atoms with Crippen LogP contribution in [0.15, 0.2) is 30.5 Å². The second-order valence-electron chi connectivity index (χ2n) is 10.3. The van der Waals surface area contributed by atoms with Gasteiger partial charge in [0, 0.05) is 60.7 Å². The van der Waals surface area contributed by atoms with Gasteiger partial charge in [-0.25, -0.2) is 0 Å². The summed E-state index contributed by atoms with van der Waals surface area (Å²) in [5, 5.41) is 4.28. The third-order valence-electron chi connectivity index (χ3n) is 6.87. The molecule has 3 fully saturated rings. The molecule has 2 bridgehead atoms. The minimum atomic E-state index is 0.0180. The molecule has 5 nitrogen and oxygen atoms in total. The van der Waals surface area contributed by atoms with Crippen LogP contribution < -0.4 is 5.32 Å². The Balaban J connectivity index is 1.26. The Morgan fingerprint density at radius 1 is 1.36 bits per heavy atom. The Labute approximate surface area is 166 Å². The third-order valence-corrected chi connectivity index (χ3v) is 6.87. The quantitative estimate of drug-likeness (QED) is 0.853. The molecule has 4 atom stereocenters. The molecule has 0 unspecified atom stereocenters. The Bertz CT molecular complexity index is 899. The van der Waals surface area contributed by atoms with Crippen molar-refractivity contribution in [2.24, 2.45) is 17.3 Å². The number of carbonyl (C=O) groups excluding carboxylic acids is 1. The molecule has 28 heavy (non-hydrogen) atoms. The Morgan fingerprint density at radius 3 is 3.04 bits per heavy atom. The molecule has 1 amide bonds. The first-order chi connectivity index (χ1) is 13.3. The molecule has 4 heterocycles. The fraction of sp³-hybridized carbons (Fsp3) is 0.609. The normalized spacial score (nSPS) is 32.2. The summed E-state index contributed by atoms with van der Waals surface area (Å²) < 4.78 is 6.53. The summed E-state index contributed by atoms with van der Waals surface area (Å²) >= 11 is 0. The van der Waals surface area contributed by atoms with Crippen LogP contribution in [-0.2, 0) is 4.74 Å². The van der Waals surface area contributed by atoms with Crippen LogP contribution in [0.2, 0.25) is 0 Å². The molecule has 0 radical (unpaired) electrons. The maximum atomic E-state index is 12.7. The van der Waals surface area contributed by atoms with Gasteiger partial charge in [-0.2, -0.15) is 0 Å². The van der Waals surface area contributed by atoms with Gasteiger partial charge in [0.25, 0.3) is 5.91 Å². The maximum Gasteiger partial charge on any atom is 0.251 e. The summed E-state index contributed by atoms with van der Waals surface area (Å²) in [6, 6.07) is 7.83. The molecular formula is C23H31N3O2. The lowest BCUT2D eigenvalue weighted by Gasteiger charge is -2.29. The maximum absolute atomic E-state index is 12.7. The zero-order valence-electron chi connectivity index (χ0n) is 17.1. The number of amides is 1. The lowest BCUT2D eigenvalue weighted by molar-refractivity contribution is 0.000433. The van der Waals surface area contributed by atoms with E-state index in [1.165, 1.54) is 6.42 Å². The molecule has 5 heteroatoms. The smallest absolute Gasteiger partial charge is 0.251 e. The standard InChI is InChI=1S/C23H31N3O2/c1-22(2,3)13-26-12-18-17(20-6-8-23(18,14-26)28-20)11-25-21(27)16-4-5-19-15(10-16)7-9-24-19/h4-5,7,9-10,17-18,20,24H,6,8,11-14H2,1-3H3,(H,25,27)/t17-,18+,20+,23+/m0/s1. The number of H-pyrrole nitrogens is 1. The van der Waals surface area contributed by atoms with Crippen LogP contribution in [0.3, 0.4) is 0 Å². The molecule has 5 rings (SSSR count). The number of fused-ring (bicyclic) bond motifs is 2. The Kier molecular flexibility index (Phi) is 4.11. The first-order valence-electron chi connectivity index (χ1n) is 10.6. The van der Waals surface area contributed by atoms with Gasteiger partial charge in [-0.15, -0.1) is 0 Å². The molecule has 2 N–H and O–H groups in total. The summed E-state index contributed by atoms with van der Waals surface area (Å²) in [5.74, 6) is 0.990. The van der Waals surface area contributed by atoms with E-state index in [4.69, 9.17) is 4.74 Å². The van der Waals surface area contributed by atoms with Crippen molar-refractivity contribution in [1.82, 2.24) is 15.2 Å². The van der Waals surface area contributed by atoms with Crippen molar-refractivity contribution < 1.29 is 9.53 Å². The van der Waals surface area contributed by atoms with Gasteiger partial charge in [0.15, 0.2) is 0 Å². The monoisotopic (exact) mass is 381 g/mol. The zero-order chi connectivity index (χ0) is 19.5. The largest absolute Gasteiger partial charge is 0.370 e. The van der Waals surface area contributed by atoms with E-state index in [0.717, 1.165) is 42.5 Å². The SMILES string of the molecule is CC(C)(C)CN1C[C@@H]2[C@H](CNC(=O)c3ccc4[nH]ccc4c3)[C@H]3CC[C@]2(C1)O3. The van der Waals surface area contributed by atoms with Gasteiger partial charge in [0.05, 0.1) is 11.7 Å². The van der Waals surface area contributed by atoms with Crippen LogP contribution in [0.1, 0.15) is 44.0 Å². The van der Waals surface area contributed by atoms with Crippen molar-refractivity contribution in [1.29, 1.82) is 0 Å². The van der Waals surface area contributed by atoms with E-state index >= 15 is 0 Å². The van der Waals surface area contributed by atoms with Crippen LogP contribution in [0.5, 0.6) is 0 Å². The highest BCUT2D eigenvalue weighted by molar-refractivity contribution is 5.98. The summed E-state index contributed by atoms with van der Waals surface area (Å²) in [6.07, 6.45) is 4.53. The van der Waals surface area contributed by atoms with Crippen LogP contribution in [-0.4, -0.2) is 53.7 Å². The summed E-state index contributed by atoms with van der Waals surface area (Å²) in [5.41, 5.74) is 2.13. The highest BCUT2D eigenvalue weighted by atomic mass is 16.5. The number of ether oxygens (including phenoxy) is 1. The zero-order valence-corrected chi connectivity index (χ0v) is 17.1. The van der Waals surface area contributed by atoms with E-state index < -0.39 is 0 Å². The molecule has 3 aliphatic rings. The minimum absolute atomic E-state index is 0.0180. The second kappa shape index (κ2) is 6.33. The molecule has 0 aliphatic carbocycles. The topological polar surface area (TPSA) is 57.4 Å². The molecule has 3 aliphatic heterocycles. The van der Waals surface area contributed by atoms with Gasteiger partial charge >= 0.3 is 0 Å². The van der Waals surface area contributed by atoms with Gasteiger partial charge in [0.2, 0.25) is 0 Å². The number of likely N-dealkylation sites (tertiary alicyclic amines) is 1. The van der Waals surface area contributed by atoms with Gasteiger partial charge < -0.3 is 15.0 Å². The van der Waals surface area contributed by atoms with Crippen molar-refractivity contribution in [2.75, 3.05) is 26.2 Å². The number of nitrogens with one attached hydrogen (secondary N) is 2. The van der Waals surface area contributed by atoms with E-state index in [2.05, 4.69) is 36.0 Å². The molecule has 150 valence electrons. The average Bonchev–Trinajstić information content (AvgIpc) is 3.36. The molecular weight excluding hydrogens is 350 g/mol. The molecule has 1 aromatic carbocycles.